The topological polar surface area (TPSA) is 73.9 Å². The van der Waals surface area contributed by atoms with Crippen molar-refractivity contribution in [1.29, 1.82) is 0 Å². The van der Waals surface area contributed by atoms with Crippen molar-refractivity contribution in [3.8, 4) is 5.75 Å². The van der Waals surface area contributed by atoms with E-state index in [-0.39, 0.29) is 12.4 Å². The van der Waals surface area contributed by atoms with Gasteiger partial charge in [0.25, 0.3) is 0 Å². The Morgan fingerprint density at radius 1 is 1.41 bits per heavy atom. The van der Waals surface area contributed by atoms with Gasteiger partial charge in [0.2, 0.25) is 5.43 Å². The Morgan fingerprint density at radius 3 is 2.71 bits per heavy atom. The molecule has 0 spiro atoms. The lowest BCUT2D eigenvalue weighted by Crippen LogP contribution is -2.34. The maximum atomic E-state index is 11.2. The first-order valence-electron chi connectivity index (χ1n) is 5.83. The second-order valence-electron chi connectivity index (χ2n) is 4.50. The molecule has 1 saturated heterocycles. The average Bonchev–Trinajstić information content (AvgIpc) is 2.35. The quantitative estimate of drug-likeness (QED) is 0.805. The van der Waals surface area contributed by atoms with E-state index in [0.29, 0.717) is 18.2 Å². The first-order chi connectivity index (χ1) is 8.19. The van der Waals surface area contributed by atoms with Crippen molar-refractivity contribution in [2.45, 2.75) is 19.4 Å². The van der Waals surface area contributed by atoms with Crippen molar-refractivity contribution in [3.63, 3.8) is 0 Å². The highest BCUT2D eigenvalue weighted by Crippen LogP contribution is 2.18. The standard InChI is InChI=1S/C12H17NO4/c14-7-9-1-3-13(4-2-9)6-10-5-11(15)12(16)8-17-10/h5,8-9,14,16H,1-4,6-7H2. The Bertz CT molecular complexity index is 421. The van der Waals surface area contributed by atoms with E-state index in [1.54, 1.807) is 0 Å². The van der Waals surface area contributed by atoms with Crippen LogP contribution in [0.4, 0.5) is 0 Å². The van der Waals surface area contributed by atoms with Crippen molar-refractivity contribution in [2.24, 2.45) is 5.92 Å². The van der Waals surface area contributed by atoms with Crippen LogP contribution in [0.1, 0.15) is 18.6 Å². The van der Waals surface area contributed by atoms with Crippen molar-refractivity contribution >= 4 is 0 Å². The van der Waals surface area contributed by atoms with Gasteiger partial charge in [-0.05, 0) is 31.8 Å². The van der Waals surface area contributed by atoms with Gasteiger partial charge in [-0.1, -0.05) is 0 Å². The molecule has 1 aromatic rings. The highest BCUT2D eigenvalue weighted by Gasteiger charge is 2.19. The van der Waals surface area contributed by atoms with Crippen LogP contribution in [-0.2, 0) is 6.54 Å². The molecule has 0 amide bonds. The molecule has 0 unspecified atom stereocenters. The van der Waals surface area contributed by atoms with Gasteiger partial charge in [0.05, 0.1) is 6.54 Å². The molecular weight excluding hydrogens is 222 g/mol. The summed E-state index contributed by atoms with van der Waals surface area (Å²) in [7, 11) is 0. The zero-order valence-electron chi connectivity index (χ0n) is 9.63. The Labute approximate surface area is 99.3 Å². The molecule has 1 aromatic heterocycles. The Kier molecular flexibility index (Phi) is 3.81. The molecule has 0 radical (unpaired) electrons. The fourth-order valence-electron chi connectivity index (χ4n) is 2.07. The maximum absolute atomic E-state index is 11.2. The van der Waals surface area contributed by atoms with E-state index in [2.05, 4.69) is 4.90 Å². The number of aromatic hydroxyl groups is 1. The van der Waals surface area contributed by atoms with Crippen molar-refractivity contribution in [2.75, 3.05) is 19.7 Å². The Hall–Kier alpha value is -1.33. The number of rotatable bonds is 3. The van der Waals surface area contributed by atoms with Crippen molar-refractivity contribution in [1.82, 2.24) is 4.90 Å². The van der Waals surface area contributed by atoms with E-state index < -0.39 is 5.43 Å². The summed E-state index contributed by atoms with van der Waals surface area (Å²) in [4.78, 5) is 13.4. The predicted molar refractivity (Wildman–Crippen MR) is 61.7 cm³/mol. The minimum absolute atomic E-state index is 0.252. The third-order valence-corrected chi connectivity index (χ3v) is 3.21. The number of likely N-dealkylation sites (tertiary alicyclic amines) is 1. The molecule has 2 rings (SSSR count). The fourth-order valence-corrected chi connectivity index (χ4v) is 2.07. The number of aliphatic hydroxyl groups excluding tert-OH is 1. The van der Waals surface area contributed by atoms with Gasteiger partial charge < -0.3 is 14.6 Å². The van der Waals surface area contributed by atoms with Crippen LogP contribution in [0.25, 0.3) is 0 Å². The average molecular weight is 239 g/mol. The molecule has 0 aliphatic carbocycles. The fraction of sp³-hybridized carbons (Fsp3) is 0.583. The first-order valence-corrected chi connectivity index (χ1v) is 5.83. The SMILES string of the molecule is O=c1cc(CN2CCC(CO)CC2)occ1O. The van der Waals surface area contributed by atoms with Crippen LogP contribution in [0.5, 0.6) is 5.75 Å². The molecule has 1 fully saturated rings. The normalized spacial score (nSPS) is 18.4. The second kappa shape index (κ2) is 5.33. The zero-order chi connectivity index (χ0) is 12.3. The van der Waals surface area contributed by atoms with Gasteiger partial charge in [-0.3, -0.25) is 9.69 Å². The number of aliphatic hydroxyl groups is 1. The lowest BCUT2D eigenvalue weighted by molar-refractivity contribution is 0.121. The van der Waals surface area contributed by atoms with Crippen LogP contribution in [0.15, 0.2) is 21.5 Å². The number of hydrogen-bond donors (Lipinski definition) is 2. The largest absolute Gasteiger partial charge is 0.502 e. The molecule has 17 heavy (non-hydrogen) atoms. The summed E-state index contributed by atoms with van der Waals surface area (Å²) in [5.41, 5.74) is -0.406. The molecule has 5 nitrogen and oxygen atoms in total. The molecule has 94 valence electrons. The molecule has 0 saturated carbocycles. The highest BCUT2D eigenvalue weighted by molar-refractivity contribution is 5.15. The number of piperidine rings is 1. The van der Waals surface area contributed by atoms with Crippen molar-refractivity contribution in [3.05, 3.63) is 28.3 Å². The third kappa shape index (κ3) is 3.08. The summed E-state index contributed by atoms with van der Waals surface area (Å²) in [6.07, 6.45) is 3.02. The summed E-state index contributed by atoms with van der Waals surface area (Å²) >= 11 is 0. The van der Waals surface area contributed by atoms with E-state index in [1.165, 1.54) is 6.07 Å². The summed E-state index contributed by atoms with van der Waals surface area (Å²) in [6.45, 7) is 2.63. The van der Waals surface area contributed by atoms with Crippen LogP contribution < -0.4 is 5.43 Å². The molecule has 1 aliphatic rings. The molecule has 0 bridgehead atoms. The van der Waals surface area contributed by atoms with Gasteiger partial charge in [-0.15, -0.1) is 0 Å². The predicted octanol–water partition coefficient (Wildman–Crippen LogP) is 0.550. The zero-order valence-corrected chi connectivity index (χ0v) is 9.63. The van der Waals surface area contributed by atoms with Crippen LogP contribution in [0.2, 0.25) is 0 Å². The van der Waals surface area contributed by atoms with Gasteiger partial charge in [-0.2, -0.15) is 0 Å². The summed E-state index contributed by atoms with van der Waals surface area (Å²) in [6, 6.07) is 1.33. The maximum Gasteiger partial charge on any atom is 0.226 e. The minimum Gasteiger partial charge on any atom is -0.502 e. The molecule has 0 atom stereocenters. The van der Waals surface area contributed by atoms with E-state index in [4.69, 9.17) is 14.6 Å². The van der Waals surface area contributed by atoms with Crippen LogP contribution in [0.3, 0.4) is 0 Å². The lowest BCUT2D eigenvalue weighted by Gasteiger charge is -2.30. The molecule has 5 heteroatoms. The third-order valence-electron chi connectivity index (χ3n) is 3.21. The smallest absolute Gasteiger partial charge is 0.226 e. The molecule has 2 heterocycles. The van der Waals surface area contributed by atoms with Crippen LogP contribution in [-0.4, -0.2) is 34.8 Å². The Morgan fingerprint density at radius 2 is 2.12 bits per heavy atom. The van der Waals surface area contributed by atoms with E-state index in [9.17, 15) is 4.79 Å². The Balaban J connectivity index is 1.93. The van der Waals surface area contributed by atoms with E-state index in [0.717, 1.165) is 32.2 Å². The van der Waals surface area contributed by atoms with E-state index >= 15 is 0 Å². The van der Waals surface area contributed by atoms with Crippen LogP contribution >= 0.6 is 0 Å². The minimum atomic E-state index is -0.406. The molecule has 2 N–H and O–H groups in total. The first kappa shape index (κ1) is 12.1. The molecular formula is C12H17NO4. The summed E-state index contributed by atoms with van der Waals surface area (Å²) < 4.78 is 5.15. The highest BCUT2D eigenvalue weighted by atomic mass is 16.4. The second-order valence-corrected chi connectivity index (χ2v) is 4.50. The van der Waals surface area contributed by atoms with Gasteiger partial charge in [0.15, 0.2) is 5.75 Å². The van der Waals surface area contributed by atoms with Crippen LogP contribution in [0, 0.1) is 5.92 Å². The van der Waals surface area contributed by atoms with Gasteiger partial charge in [0, 0.05) is 12.7 Å². The number of hydrogen-bond acceptors (Lipinski definition) is 5. The van der Waals surface area contributed by atoms with E-state index in [1.807, 2.05) is 0 Å². The van der Waals surface area contributed by atoms with Gasteiger partial charge in [0.1, 0.15) is 12.0 Å². The van der Waals surface area contributed by atoms with Gasteiger partial charge >= 0.3 is 0 Å². The molecule has 1 aliphatic heterocycles. The number of nitrogens with zero attached hydrogens (tertiary/aromatic N) is 1. The summed E-state index contributed by atoms with van der Waals surface area (Å²) in [5, 5.41) is 18.1. The lowest BCUT2D eigenvalue weighted by atomic mass is 9.98. The summed E-state index contributed by atoms with van der Waals surface area (Å²) in [5.74, 6) is 0.612. The van der Waals surface area contributed by atoms with Crippen molar-refractivity contribution < 1.29 is 14.6 Å². The van der Waals surface area contributed by atoms with Gasteiger partial charge in [-0.25, -0.2) is 0 Å². The molecule has 0 aromatic carbocycles. The monoisotopic (exact) mass is 239 g/mol.